The molecule has 1 fully saturated rings. The summed E-state index contributed by atoms with van der Waals surface area (Å²) < 4.78 is 39.0. The third kappa shape index (κ3) is 3.25. The van der Waals surface area contributed by atoms with Gasteiger partial charge in [0.05, 0.1) is 16.7 Å². The van der Waals surface area contributed by atoms with Gasteiger partial charge in [0.25, 0.3) is 0 Å². The van der Waals surface area contributed by atoms with Crippen LogP contribution in [-0.2, 0) is 11.8 Å². The summed E-state index contributed by atoms with van der Waals surface area (Å²) in [4.78, 5) is 14.1. The number of hydrogen-bond acceptors (Lipinski definition) is 4. The average Bonchev–Trinajstić information content (AvgIpc) is 3.09. The first kappa shape index (κ1) is 17.8. The Kier molecular flexibility index (Phi) is 4.10. The van der Waals surface area contributed by atoms with Gasteiger partial charge in [-0.3, -0.25) is 0 Å². The van der Waals surface area contributed by atoms with Crippen LogP contribution in [0.15, 0.2) is 36.5 Å². The van der Waals surface area contributed by atoms with E-state index >= 15 is 0 Å². The minimum Gasteiger partial charge on any atom is -0.385 e. The van der Waals surface area contributed by atoms with Crippen LogP contribution in [0.1, 0.15) is 29.8 Å². The number of hydrogen-bond donors (Lipinski definition) is 2. The molecule has 1 aromatic carbocycles. The minimum atomic E-state index is -4.43. The Morgan fingerprint density at radius 3 is 2.59 bits per heavy atom. The first-order valence-electron chi connectivity index (χ1n) is 8.73. The van der Waals surface area contributed by atoms with E-state index in [0.717, 1.165) is 29.0 Å². The van der Waals surface area contributed by atoms with Crippen LogP contribution in [0.25, 0.3) is 11.0 Å². The molecule has 0 amide bonds. The number of halogens is 3. The summed E-state index contributed by atoms with van der Waals surface area (Å²) in [6.07, 6.45) is -1.99. The molecule has 0 spiro atoms. The van der Waals surface area contributed by atoms with E-state index in [1.807, 2.05) is 17.9 Å². The van der Waals surface area contributed by atoms with Crippen LogP contribution in [0.2, 0.25) is 0 Å². The third-order valence-corrected chi connectivity index (χ3v) is 5.12. The molecule has 2 aromatic heterocycles. The number of alkyl halides is 3. The summed E-state index contributed by atoms with van der Waals surface area (Å²) >= 11 is 0. The highest BCUT2D eigenvalue weighted by molar-refractivity contribution is 5.86. The topological polar surface area (TPSA) is 65.0 Å². The van der Waals surface area contributed by atoms with Gasteiger partial charge < -0.3 is 15.0 Å². The summed E-state index contributed by atoms with van der Waals surface area (Å²) in [6, 6.07) is 6.85. The predicted octanol–water partition coefficient (Wildman–Crippen LogP) is 3.77. The maximum absolute atomic E-state index is 13.0. The maximum atomic E-state index is 13.0. The number of piperidine rings is 1. The first-order chi connectivity index (χ1) is 12.8. The molecule has 0 atom stereocenters. The molecular weight excluding hydrogens is 357 g/mol. The second kappa shape index (κ2) is 6.23. The van der Waals surface area contributed by atoms with Crippen molar-refractivity contribution in [2.45, 2.75) is 31.5 Å². The van der Waals surface area contributed by atoms with E-state index in [4.69, 9.17) is 0 Å². The smallest absolute Gasteiger partial charge is 0.385 e. The van der Waals surface area contributed by atoms with Crippen LogP contribution in [0.4, 0.5) is 19.0 Å². The van der Waals surface area contributed by atoms with Crippen molar-refractivity contribution >= 4 is 16.9 Å². The Balaban J connectivity index is 1.59. The van der Waals surface area contributed by atoms with Gasteiger partial charge in [0, 0.05) is 19.3 Å². The number of aliphatic hydroxyl groups is 1. The molecule has 1 aliphatic rings. The van der Waals surface area contributed by atoms with Crippen molar-refractivity contribution in [1.82, 2.24) is 15.0 Å². The number of rotatable bonds is 2. The van der Waals surface area contributed by atoms with Crippen LogP contribution in [-0.4, -0.2) is 33.1 Å². The van der Waals surface area contributed by atoms with Gasteiger partial charge in [0.15, 0.2) is 5.82 Å². The molecule has 142 valence electrons. The molecule has 27 heavy (non-hydrogen) atoms. The van der Waals surface area contributed by atoms with Crippen LogP contribution < -0.4 is 4.90 Å². The van der Waals surface area contributed by atoms with Crippen LogP contribution in [0.3, 0.4) is 0 Å². The predicted molar refractivity (Wildman–Crippen MR) is 95.4 cm³/mol. The summed E-state index contributed by atoms with van der Waals surface area (Å²) in [6.45, 7) is 2.79. The van der Waals surface area contributed by atoms with Gasteiger partial charge in [-0.25, -0.2) is 9.97 Å². The molecule has 0 unspecified atom stereocenters. The molecule has 5 nitrogen and oxygen atoms in total. The highest BCUT2D eigenvalue weighted by Gasteiger charge is 2.37. The molecule has 4 rings (SSSR count). The van der Waals surface area contributed by atoms with Gasteiger partial charge in [-0.15, -0.1) is 0 Å². The number of anilines is 1. The van der Waals surface area contributed by atoms with Crippen molar-refractivity contribution in [3.63, 3.8) is 0 Å². The van der Waals surface area contributed by atoms with Crippen LogP contribution in [0.5, 0.6) is 0 Å². The zero-order valence-electron chi connectivity index (χ0n) is 14.7. The van der Waals surface area contributed by atoms with E-state index in [9.17, 15) is 18.3 Å². The van der Waals surface area contributed by atoms with Crippen molar-refractivity contribution in [1.29, 1.82) is 0 Å². The SMILES string of the molecule is Cc1nc(N2CCC(O)(c3cccc(C(F)(F)F)c3)CC2)c2[nH]ccc2n1. The monoisotopic (exact) mass is 376 g/mol. The molecule has 0 aliphatic carbocycles. The van der Waals surface area contributed by atoms with Crippen LogP contribution >= 0.6 is 0 Å². The second-order valence-electron chi connectivity index (χ2n) is 6.93. The average molecular weight is 376 g/mol. The fourth-order valence-corrected chi connectivity index (χ4v) is 3.63. The number of H-pyrrole nitrogens is 1. The molecule has 8 heteroatoms. The van der Waals surface area contributed by atoms with Crippen molar-refractivity contribution in [3.05, 3.63) is 53.5 Å². The molecular formula is C19H19F3N4O. The number of fused-ring (bicyclic) bond motifs is 1. The van der Waals surface area contributed by atoms with E-state index in [2.05, 4.69) is 15.0 Å². The van der Waals surface area contributed by atoms with E-state index in [0.29, 0.717) is 37.3 Å². The highest BCUT2D eigenvalue weighted by Crippen LogP contribution is 2.38. The van der Waals surface area contributed by atoms with Crippen molar-refractivity contribution in [3.8, 4) is 0 Å². The Morgan fingerprint density at radius 1 is 1.15 bits per heavy atom. The largest absolute Gasteiger partial charge is 0.416 e. The molecule has 1 saturated heterocycles. The van der Waals surface area contributed by atoms with E-state index in [-0.39, 0.29) is 0 Å². The number of aromatic amines is 1. The van der Waals surface area contributed by atoms with E-state index in [1.54, 1.807) is 12.3 Å². The number of nitrogens with one attached hydrogen (secondary N) is 1. The van der Waals surface area contributed by atoms with Crippen molar-refractivity contribution in [2.24, 2.45) is 0 Å². The van der Waals surface area contributed by atoms with Gasteiger partial charge in [-0.05, 0) is 43.5 Å². The lowest BCUT2D eigenvalue weighted by atomic mass is 9.83. The second-order valence-corrected chi connectivity index (χ2v) is 6.93. The quantitative estimate of drug-likeness (QED) is 0.715. The molecule has 3 heterocycles. The third-order valence-electron chi connectivity index (χ3n) is 5.12. The summed E-state index contributed by atoms with van der Waals surface area (Å²) in [5, 5.41) is 11.0. The maximum Gasteiger partial charge on any atom is 0.416 e. The Labute approximate surface area is 153 Å². The Morgan fingerprint density at radius 2 is 1.89 bits per heavy atom. The Bertz CT molecular complexity index is 974. The molecule has 0 bridgehead atoms. The number of nitrogens with zero attached hydrogens (tertiary/aromatic N) is 3. The number of aryl methyl sites for hydroxylation is 1. The van der Waals surface area contributed by atoms with Crippen molar-refractivity contribution < 1.29 is 18.3 Å². The summed E-state index contributed by atoms with van der Waals surface area (Å²) in [5.74, 6) is 1.41. The van der Waals surface area contributed by atoms with Gasteiger partial charge >= 0.3 is 6.18 Å². The lowest BCUT2D eigenvalue weighted by Gasteiger charge is -2.39. The van der Waals surface area contributed by atoms with E-state index in [1.165, 1.54) is 6.07 Å². The lowest BCUT2D eigenvalue weighted by molar-refractivity contribution is -0.137. The normalized spacial score (nSPS) is 17.4. The molecule has 0 radical (unpaired) electrons. The standard InChI is InChI=1S/C19H19F3N4O/c1-12-24-15-5-8-23-16(15)17(25-12)26-9-6-18(27,7-10-26)13-3-2-4-14(11-13)19(20,21)22/h2-5,8,11,23,27H,6-7,9-10H2,1H3. The molecule has 2 N–H and O–H groups in total. The molecule has 0 saturated carbocycles. The number of aromatic nitrogens is 3. The molecule has 3 aromatic rings. The van der Waals surface area contributed by atoms with Gasteiger partial charge in [-0.2, -0.15) is 13.2 Å². The van der Waals surface area contributed by atoms with Crippen LogP contribution in [0, 0.1) is 6.92 Å². The summed E-state index contributed by atoms with van der Waals surface area (Å²) in [7, 11) is 0. The Hall–Kier alpha value is -2.61. The van der Waals surface area contributed by atoms with Crippen molar-refractivity contribution in [2.75, 3.05) is 18.0 Å². The minimum absolute atomic E-state index is 0.306. The molecule has 1 aliphatic heterocycles. The van der Waals surface area contributed by atoms with E-state index < -0.39 is 17.3 Å². The lowest BCUT2D eigenvalue weighted by Crippen LogP contribution is -2.43. The highest BCUT2D eigenvalue weighted by atomic mass is 19.4. The zero-order chi connectivity index (χ0) is 19.2. The van der Waals surface area contributed by atoms with Gasteiger partial charge in [0.1, 0.15) is 11.3 Å². The first-order valence-corrected chi connectivity index (χ1v) is 8.73. The fraction of sp³-hybridized carbons (Fsp3) is 0.368. The van der Waals surface area contributed by atoms with Gasteiger partial charge in [-0.1, -0.05) is 12.1 Å². The zero-order valence-corrected chi connectivity index (χ0v) is 14.7. The van der Waals surface area contributed by atoms with Gasteiger partial charge in [0.2, 0.25) is 0 Å². The summed E-state index contributed by atoms with van der Waals surface area (Å²) in [5.41, 5.74) is -0.0770. The fourth-order valence-electron chi connectivity index (χ4n) is 3.63. The number of benzene rings is 1.